The van der Waals surface area contributed by atoms with Crippen molar-refractivity contribution in [1.82, 2.24) is 0 Å². The second kappa shape index (κ2) is 4.27. The molecule has 0 saturated carbocycles. The second-order valence-electron chi connectivity index (χ2n) is 3.57. The van der Waals surface area contributed by atoms with Crippen LogP contribution in [0.5, 0.6) is 0 Å². The van der Waals surface area contributed by atoms with Gasteiger partial charge >= 0.3 is 0 Å². The second-order valence-corrected chi connectivity index (χ2v) is 3.57. The van der Waals surface area contributed by atoms with E-state index in [0.29, 0.717) is 5.92 Å². The van der Waals surface area contributed by atoms with E-state index in [9.17, 15) is 0 Å². The summed E-state index contributed by atoms with van der Waals surface area (Å²) in [5.74, 6) is 0.653. The standard InChI is InChI=1S/C13H18/c1-5-10(3)13-9-7-8-12(6-2)11(13)4/h6-10H,2,5H2,1,3-4H3. The third-order valence-electron chi connectivity index (χ3n) is 2.78. The Kier molecular flexibility index (Phi) is 3.30. The summed E-state index contributed by atoms with van der Waals surface area (Å²) in [5, 5.41) is 0. The van der Waals surface area contributed by atoms with E-state index in [-0.39, 0.29) is 0 Å². The Morgan fingerprint density at radius 2 is 2.15 bits per heavy atom. The predicted octanol–water partition coefficient (Wildman–Crippen LogP) is 4.15. The summed E-state index contributed by atoms with van der Waals surface area (Å²) in [6, 6.07) is 6.45. The molecule has 1 aromatic rings. The Morgan fingerprint density at radius 1 is 1.46 bits per heavy atom. The van der Waals surface area contributed by atoms with Crippen LogP contribution in [0.1, 0.15) is 42.9 Å². The van der Waals surface area contributed by atoms with Gasteiger partial charge in [0.15, 0.2) is 0 Å². The maximum absolute atomic E-state index is 3.82. The fourth-order valence-corrected chi connectivity index (χ4v) is 1.65. The quantitative estimate of drug-likeness (QED) is 0.645. The van der Waals surface area contributed by atoms with Crippen molar-refractivity contribution in [3.63, 3.8) is 0 Å². The van der Waals surface area contributed by atoms with Gasteiger partial charge in [-0.15, -0.1) is 0 Å². The lowest BCUT2D eigenvalue weighted by Crippen LogP contribution is -1.96. The number of hydrogen-bond donors (Lipinski definition) is 0. The maximum atomic E-state index is 3.82. The Bertz CT molecular complexity index is 297. The SMILES string of the molecule is C=Cc1cccc(C(C)CC)c1C. The van der Waals surface area contributed by atoms with Crippen LogP contribution < -0.4 is 0 Å². The van der Waals surface area contributed by atoms with Gasteiger partial charge in [0, 0.05) is 0 Å². The van der Waals surface area contributed by atoms with E-state index < -0.39 is 0 Å². The van der Waals surface area contributed by atoms with E-state index in [1.54, 1.807) is 0 Å². The van der Waals surface area contributed by atoms with E-state index in [4.69, 9.17) is 0 Å². The van der Waals surface area contributed by atoms with Gasteiger partial charge in [-0.05, 0) is 36.0 Å². The number of benzene rings is 1. The molecule has 1 rings (SSSR count). The maximum Gasteiger partial charge on any atom is -0.0190 e. The lowest BCUT2D eigenvalue weighted by atomic mass is 9.91. The normalized spacial score (nSPS) is 12.5. The zero-order valence-corrected chi connectivity index (χ0v) is 8.80. The molecule has 0 amide bonds. The number of hydrogen-bond acceptors (Lipinski definition) is 0. The van der Waals surface area contributed by atoms with Crippen LogP contribution in [0, 0.1) is 6.92 Å². The van der Waals surface area contributed by atoms with Crippen molar-refractivity contribution < 1.29 is 0 Å². The molecule has 13 heavy (non-hydrogen) atoms. The molecule has 0 aliphatic rings. The first-order valence-electron chi connectivity index (χ1n) is 4.92. The van der Waals surface area contributed by atoms with Crippen molar-refractivity contribution in [2.75, 3.05) is 0 Å². The monoisotopic (exact) mass is 174 g/mol. The van der Waals surface area contributed by atoms with E-state index >= 15 is 0 Å². The lowest BCUT2D eigenvalue weighted by Gasteiger charge is -2.14. The molecule has 0 heterocycles. The highest BCUT2D eigenvalue weighted by Crippen LogP contribution is 2.24. The highest BCUT2D eigenvalue weighted by atomic mass is 14.1. The average Bonchev–Trinajstić information content (AvgIpc) is 2.17. The highest BCUT2D eigenvalue weighted by Gasteiger charge is 2.07. The summed E-state index contributed by atoms with van der Waals surface area (Å²) < 4.78 is 0. The largest absolute Gasteiger partial charge is 0.0985 e. The molecule has 0 nitrogen and oxygen atoms in total. The third-order valence-corrected chi connectivity index (χ3v) is 2.78. The molecule has 1 atom stereocenters. The van der Waals surface area contributed by atoms with Gasteiger partial charge in [-0.1, -0.05) is 44.7 Å². The molecular weight excluding hydrogens is 156 g/mol. The van der Waals surface area contributed by atoms with E-state index in [1.807, 2.05) is 6.08 Å². The van der Waals surface area contributed by atoms with Crippen molar-refractivity contribution in [1.29, 1.82) is 0 Å². The van der Waals surface area contributed by atoms with Crippen LogP contribution in [0.25, 0.3) is 6.08 Å². The molecule has 0 N–H and O–H groups in total. The van der Waals surface area contributed by atoms with Crippen molar-refractivity contribution in [2.45, 2.75) is 33.1 Å². The molecule has 0 aromatic heterocycles. The fourth-order valence-electron chi connectivity index (χ4n) is 1.65. The van der Waals surface area contributed by atoms with Gasteiger partial charge in [-0.3, -0.25) is 0 Å². The van der Waals surface area contributed by atoms with Crippen molar-refractivity contribution in [2.24, 2.45) is 0 Å². The molecule has 1 unspecified atom stereocenters. The van der Waals surface area contributed by atoms with Gasteiger partial charge in [0.05, 0.1) is 0 Å². The first-order chi connectivity index (χ1) is 6.20. The van der Waals surface area contributed by atoms with Gasteiger partial charge in [-0.25, -0.2) is 0 Å². The molecule has 0 saturated heterocycles. The number of rotatable bonds is 3. The van der Waals surface area contributed by atoms with Crippen LogP contribution in [0.4, 0.5) is 0 Å². The van der Waals surface area contributed by atoms with E-state index in [2.05, 4.69) is 45.5 Å². The Morgan fingerprint density at radius 3 is 2.69 bits per heavy atom. The fraction of sp³-hybridized carbons (Fsp3) is 0.385. The molecule has 0 aliphatic carbocycles. The first kappa shape index (κ1) is 10.0. The van der Waals surface area contributed by atoms with Crippen molar-refractivity contribution in [3.8, 4) is 0 Å². The van der Waals surface area contributed by atoms with Gasteiger partial charge < -0.3 is 0 Å². The molecule has 0 bridgehead atoms. The molecule has 70 valence electrons. The zero-order chi connectivity index (χ0) is 9.84. The van der Waals surface area contributed by atoms with Crippen LogP contribution in [0.15, 0.2) is 24.8 Å². The zero-order valence-electron chi connectivity index (χ0n) is 8.80. The lowest BCUT2D eigenvalue weighted by molar-refractivity contribution is 0.728. The molecule has 0 radical (unpaired) electrons. The van der Waals surface area contributed by atoms with E-state index in [1.165, 1.54) is 23.1 Å². The van der Waals surface area contributed by atoms with Crippen LogP contribution in [0.3, 0.4) is 0 Å². The molecule has 0 fully saturated rings. The molecule has 0 aliphatic heterocycles. The Labute approximate surface area is 81.3 Å². The molecule has 0 spiro atoms. The minimum atomic E-state index is 0.653. The minimum absolute atomic E-state index is 0.653. The third kappa shape index (κ3) is 2.00. The van der Waals surface area contributed by atoms with Gasteiger partial charge in [0.25, 0.3) is 0 Å². The summed E-state index contributed by atoms with van der Waals surface area (Å²) in [6.07, 6.45) is 3.13. The average molecular weight is 174 g/mol. The Balaban J connectivity index is 3.15. The van der Waals surface area contributed by atoms with Gasteiger partial charge in [0.2, 0.25) is 0 Å². The summed E-state index contributed by atoms with van der Waals surface area (Å²) in [4.78, 5) is 0. The first-order valence-corrected chi connectivity index (χ1v) is 4.92. The topological polar surface area (TPSA) is 0 Å². The summed E-state index contributed by atoms with van der Waals surface area (Å²) in [7, 11) is 0. The summed E-state index contributed by atoms with van der Waals surface area (Å²) in [5.41, 5.74) is 4.10. The summed E-state index contributed by atoms with van der Waals surface area (Å²) >= 11 is 0. The van der Waals surface area contributed by atoms with Gasteiger partial charge in [-0.2, -0.15) is 0 Å². The van der Waals surface area contributed by atoms with Crippen LogP contribution >= 0.6 is 0 Å². The van der Waals surface area contributed by atoms with Crippen molar-refractivity contribution in [3.05, 3.63) is 41.5 Å². The molecule has 0 heteroatoms. The molecule has 1 aromatic carbocycles. The summed E-state index contributed by atoms with van der Waals surface area (Å²) in [6.45, 7) is 10.5. The van der Waals surface area contributed by atoms with Crippen LogP contribution in [0.2, 0.25) is 0 Å². The van der Waals surface area contributed by atoms with Crippen molar-refractivity contribution >= 4 is 6.08 Å². The van der Waals surface area contributed by atoms with Crippen LogP contribution in [-0.2, 0) is 0 Å². The Hall–Kier alpha value is -1.04. The molecular formula is C13H18. The predicted molar refractivity (Wildman–Crippen MR) is 60.0 cm³/mol. The van der Waals surface area contributed by atoms with Crippen LogP contribution in [-0.4, -0.2) is 0 Å². The highest BCUT2D eigenvalue weighted by molar-refractivity contribution is 5.54. The minimum Gasteiger partial charge on any atom is -0.0985 e. The van der Waals surface area contributed by atoms with E-state index in [0.717, 1.165) is 0 Å². The smallest absolute Gasteiger partial charge is 0.0190 e. The van der Waals surface area contributed by atoms with Gasteiger partial charge in [0.1, 0.15) is 0 Å².